The molecule has 1 amide bonds. The first kappa shape index (κ1) is 15.1. The molecule has 0 atom stereocenters. The van der Waals surface area contributed by atoms with Gasteiger partial charge in [-0.2, -0.15) is 13.2 Å². The summed E-state index contributed by atoms with van der Waals surface area (Å²) in [6, 6.07) is 2.87. The summed E-state index contributed by atoms with van der Waals surface area (Å²) in [7, 11) is 0. The van der Waals surface area contributed by atoms with Gasteiger partial charge in [0.15, 0.2) is 0 Å². The molecule has 8 heteroatoms. The fraction of sp³-hybridized carbons (Fsp3) is 0.400. The lowest BCUT2D eigenvalue weighted by Crippen LogP contribution is -2.26. The van der Waals surface area contributed by atoms with Crippen molar-refractivity contribution in [1.29, 1.82) is 0 Å². The summed E-state index contributed by atoms with van der Waals surface area (Å²) in [5.74, 6) is -0.697. The first-order chi connectivity index (χ1) is 8.28. The van der Waals surface area contributed by atoms with E-state index in [0.717, 1.165) is 0 Å². The summed E-state index contributed by atoms with van der Waals surface area (Å²) in [5.41, 5.74) is -3.43. The lowest BCUT2D eigenvalue weighted by molar-refractivity contribution is -0.0327. The molecule has 0 aromatic carbocycles. The molecule has 0 aliphatic heterocycles. The summed E-state index contributed by atoms with van der Waals surface area (Å²) in [4.78, 5) is 15.5. The monoisotopic (exact) mass is 298 g/mol. The van der Waals surface area contributed by atoms with Gasteiger partial charge >= 0.3 is 5.51 Å². The number of nitrogens with zero attached hydrogens (tertiary/aromatic N) is 1. The molecule has 1 aromatic rings. The zero-order valence-electron chi connectivity index (χ0n) is 9.34. The van der Waals surface area contributed by atoms with Gasteiger partial charge in [-0.1, -0.05) is 11.6 Å². The Kier molecular flexibility index (Phi) is 5.28. The van der Waals surface area contributed by atoms with Gasteiger partial charge in [0, 0.05) is 23.6 Å². The van der Waals surface area contributed by atoms with Crippen molar-refractivity contribution in [1.82, 2.24) is 10.3 Å². The maximum Gasteiger partial charge on any atom is 0.441 e. The number of thioether (sulfide) groups is 1. The number of alkyl halides is 3. The van der Waals surface area contributed by atoms with E-state index >= 15 is 0 Å². The van der Waals surface area contributed by atoms with Gasteiger partial charge in [0.1, 0.15) is 5.15 Å². The normalized spacial score (nSPS) is 11.4. The van der Waals surface area contributed by atoms with Crippen molar-refractivity contribution < 1.29 is 18.0 Å². The van der Waals surface area contributed by atoms with E-state index in [-0.39, 0.29) is 34.8 Å². The Morgan fingerprint density at radius 3 is 2.72 bits per heavy atom. The van der Waals surface area contributed by atoms with E-state index in [4.69, 9.17) is 11.6 Å². The minimum absolute atomic E-state index is 0.0675. The summed E-state index contributed by atoms with van der Waals surface area (Å²) in [6.45, 7) is 1.60. The van der Waals surface area contributed by atoms with Crippen LogP contribution in [0.5, 0.6) is 0 Å². The van der Waals surface area contributed by atoms with Gasteiger partial charge in [0.25, 0.3) is 5.91 Å². The van der Waals surface area contributed by atoms with Gasteiger partial charge < -0.3 is 5.32 Å². The highest BCUT2D eigenvalue weighted by Gasteiger charge is 2.27. The quantitative estimate of drug-likeness (QED) is 0.686. The Bertz CT molecular complexity index is 419. The topological polar surface area (TPSA) is 42.0 Å². The Hall–Kier alpha value is -0.950. The third kappa shape index (κ3) is 5.59. The van der Waals surface area contributed by atoms with E-state index in [9.17, 15) is 18.0 Å². The molecule has 18 heavy (non-hydrogen) atoms. The number of carbonyl (C=O) groups is 1. The SMILES string of the molecule is Cc1cc(C(=O)NCCSC(F)(F)F)cc(Cl)n1. The van der Waals surface area contributed by atoms with E-state index in [2.05, 4.69) is 10.3 Å². The Morgan fingerprint density at radius 2 is 2.17 bits per heavy atom. The highest BCUT2D eigenvalue weighted by molar-refractivity contribution is 8.00. The van der Waals surface area contributed by atoms with Crippen LogP contribution in [0.4, 0.5) is 13.2 Å². The Labute approximate surface area is 111 Å². The van der Waals surface area contributed by atoms with Crippen LogP contribution in [0.2, 0.25) is 5.15 Å². The zero-order chi connectivity index (χ0) is 13.8. The number of nitrogens with one attached hydrogen (secondary N) is 1. The molecule has 0 saturated carbocycles. The van der Waals surface area contributed by atoms with Crippen molar-refractivity contribution in [2.45, 2.75) is 12.4 Å². The van der Waals surface area contributed by atoms with Crippen LogP contribution in [-0.4, -0.2) is 28.7 Å². The molecular weight excluding hydrogens is 289 g/mol. The molecule has 1 N–H and O–H groups in total. The fourth-order valence-corrected chi connectivity index (χ4v) is 1.88. The molecular formula is C10H10ClF3N2OS. The summed E-state index contributed by atoms with van der Waals surface area (Å²) < 4.78 is 35.5. The van der Waals surface area contributed by atoms with Gasteiger partial charge in [0.05, 0.1) is 0 Å². The molecule has 3 nitrogen and oxygen atoms in total. The smallest absolute Gasteiger partial charge is 0.351 e. The number of aromatic nitrogens is 1. The molecule has 0 fully saturated rings. The number of pyridine rings is 1. The van der Waals surface area contributed by atoms with Crippen LogP contribution in [0.15, 0.2) is 12.1 Å². The second-order valence-electron chi connectivity index (χ2n) is 3.37. The average Bonchev–Trinajstić information content (AvgIpc) is 2.21. The third-order valence-electron chi connectivity index (χ3n) is 1.84. The number of halogens is 4. The van der Waals surface area contributed by atoms with Crippen molar-refractivity contribution >= 4 is 29.3 Å². The average molecular weight is 299 g/mol. The van der Waals surface area contributed by atoms with Crippen molar-refractivity contribution in [3.8, 4) is 0 Å². The number of hydrogen-bond donors (Lipinski definition) is 1. The van der Waals surface area contributed by atoms with Crippen LogP contribution >= 0.6 is 23.4 Å². The fourth-order valence-electron chi connectivity index (χ4n) is 1.19. The lowest BCUT2D eigenvalue weighted by Gasteiger charge is -2.07. The van der Waals surface area contributed by atoms with Gasteiger partial charge in [-0.05, 0) is 30.8 Å². The maximum atomic E-state index is 11.8. The van der Waals surface area contributed by atoms with Crippen LogP contribution in [0.1, 0.15) is 16.1 Å². The minimum Gasteiger partial charge on any atom is -0.351 e. The molecule has 0 saturated heterocycles. The van der Waals surface area contributed by atoms with Gasteiger partial charge in [-0.3, -0.25) is 4.79 Å². The zero-order valence-corrected chi connectivity index (χ0v) is 10.9. The number of carbonyl (C=O) groups excluding carboxylic acids is 1. The van der Waals surface area contributed by atoms with Crippen LogP contribution in [0.3, 0.4) is 0 Å². The molecule has 0 bridgehead atoms. The Morgan fingerprint density at radius 1 is 1.50 bits per heavy atom. The summed E-state index contributed by atoms with van der Waals surface area (Å²) in [6.07, 6.45) is 0. The van der Waals surface area contributed by atoms with Gasteiger partial charge in [-0.25, -0.2) is 4.98 Å². The molecule has 0 aliphatic rings. The van der Waals surface area contributed by atoms with E-state index in [1.165, 1.54) is 12.1 Å². The van der Waals surface area contributed by atoms with Crippen LogP contribution in [-0.2, 0) is 0 Å². The Balaban J connectivity index is 2.46. The maximum absolute atomic E-state index is 11.8. The second-order valence-corrected chi connectivity index (χ2v) is 4.92. The molecule has 0 radical (unpaired) electrons. The van der Waals surface area contributed by atoms with Gasteiger partial charge in [-0.15, -0.1) is 0 Å². The third-order valence-corrected chi connectivity index (χ3v) is 2.77. The van der Waals surface area contributed by atoms with Crippen molar-refractivity contribution in [2.24, 2.45) is 0 Å². The minimum atomic E-state index is -4.28. The molecule has 1 rings (SSSR count). The standard InChI is InChI=1S/C10H10ClF3N2OS/c1-6-4-7(5-8(11)16-6)9(17)15-2-3-18-10(12,13)14/h4-5H,2-3H2,1H3,(H,15,17). The van der Waals surface area contributed by atoms with Crippen LogP contribution < -0.4 is 5.32 Å². The number of aryl methyl sites for hydroxylation is 1. The highest BCUT2D eigenvalue weighted by atomic mass is 35.5. The lowest BCUT2D eigenvalue weighted by atomic mass is 10.2. The van der Waals surface area contributed by atoms with Gasteiger partial charge in [0.2, 0.25) is 0 Å². The molecule has 100 valence electrons. The molecule has 1 aromatic heterocycles. The molecule has 1 heterocycles. The second kappa shape index (κ2) is 6.29. The summed E-state index contributed by atoms with van der Waals surface area (Å²) in [5, 5.41) is 2.55. The van der Waals surface area contributed by atoms with E-state index in [1.54, 1.807) is 6.92 Å². The predicted molar refractivity (Wildman–Crippen MR) is 64.8 cm³/mol. The molecule has 0 spiro atoms. The molecule has 0 unspecified atom stereocenters. The van der Waals surface area contributed by atoms with Crippen molar-refractivity contribution in [3.63, 3.8) is 0 Å². The van der Waals surface area contributed by atoms with Crippen LogP contribution in [0.25, 0.3) is 0 Å². The first-order valence-electron chi connectivity index (χ1n) is 4.91. The number of amides is 1. The molecule has 0 aliphatic carbocycles. The van der Waals surface area contributed by atoms with E-state index in [1.807, 2.05) is 0 Å². The van der Waals surface area contributed by atoms with E-state index in [0.29, 0.717) is 5.69 Å². The van der Waals surface area contributed by atoms with E-state index < -0.39 is 11.4 Å². The van der Waals surface area contributed by atoms with Crippen molar-refractivity contribution in [2.75, 3.05) is 12.3 Å². The highest BCUT2D eigenvalue weighted by Crippen LogP contribution is 2.29. The first-order valence-corrected chi connectivity index (χ1v) is 6.27. The number of hydrogen-bond acceptors (Lipinski definition) is 3. The number of rotatable bonds is 4. The largest absolute Gasteiger partial charge is 0.441 e. The predicted octanol–water partition coefficient (Wildman–Crippen LogP) is 3.03. The summed E-state index contributed by atoms with van der Waals surface area (Å²) >= 11 is 5.50. The van der Waals surface area contributed by atoms with Crippen LogP contribution in [0, 0.1) is 6.92 Å². The van der Waals surface area contributed by atoms with Crippen molar-refractivity contribution in [3.05, 3.63) is 28.5 Å².